The number of para-hydroxylation sites is 1. The van der Waals surface area contributed by atoms with E-state index in [-0.39, 0.29) is 21.4 Å². The lowest BCUT2D eigenvalue weighted by molar-refractivity contribution is 0.764. The van der Waals surface area contributed by atoms with Gasteiger partial charge in [-0.3, -0.25) is 14.2 Å². The summed E-state index contributed by atoms with van der Waals surface area (Å²) in [6, 6.07) is 14.4. The Morgan fingerprint density at radius 1 is 0.971 bits per heavy atom. The molecule has 2 N–H and O–H groups in total. The SMILES string of the molecule is Cc1c(C(C)Nc2ncnc3[nH]cc(Cl)c(=O)c23)n(-c2ccccc2)c(=O)c2c(Cl)cccc12. The minimum absolute atomic E-state index is 0.0377. The number of H-pyrrole nitrogens is 1. The fraction of sp³-hybridized carbons (Fsp3) is 0.120. The van der Waals surface area contributed by atoms with Crippen LogP contribution in [0.1, 0.15) is 24.2 Å². The summed E-state index contributed by atoms with van der Waals surface area (Å²) in [7, 11) is 0. The molecule has 0 aliphatic rings. The number of fused-ring (bicyclic) bond motifs is 2. The van der Waals surface area contributed by atoms with Crippen molar-refractivity contribution in [3.8, 4) is 5.69 Å². The molecule has 0 bridgehead atoms. The zero-order valence-electron chi connectivity index (χ0n) is 18.3. The summed E-state index contributed by atoms with van der Waals surface area (Å²) in [4.78, 5) is 37.8. The quantitative estimate of drug-likeness (QED) is 0.350. The largest absolute Gasteiger partial charge is 0.361 e. The lowest BCUT2D eigenvalue weighted by Crippen LogP contribution is -2.27. The highest BCUT2D eigenvalue weighted by Gasteiger charge is 2.22. The maximum Gasteiger partial charge on any atom is 0.264 e. The molecule has 1 unspecified atom stereocenters. The first-order valence-corrected chi connectivity index (χ1v) is 11.3. The highest BCUT2D eigenvalue weighted by molar-refractivity contribution is 6.35. The van der Waals surface area contributed by atoms with Crippen molar-refractivity contribution in [2.45, 2.75) is 19.9 Å². The second-order valence-electron chi connectivity index (χ2n) is 7.93. The first-order valence-electron chi connectivity index (χ1n) is 10.6. The number of aryl methyl sites for hydroxylation is 1. The van der Waals surface area contributed by atoms with Gasteiger partial charge in [0.2, 0.25) is 5.43 Å². The number of pyridine rings is 2. The summed E-state index contributed by atoms with van der Waals surface area (Å²) in [5.74, 6) is 0.318. The molecule has 3 heterocycles. The van der Waals surface area contributed by atoms with E-state index in [4.69, 9.17) is 23.2 Å². The van der Waals surface area contributed by atoms with Gasteiger partial charge in [0.1, 0.15) is 28.2 Å². The van der Waals surface area contributed by atoms with Gasteiger partial charge in [-0.2, -0.15) is 0 Å². The summed E-state index contributed by atoms with van der Waals surface area (Å²) in [5, 5.41) is 5.20. The van der Waals surface area contributed by atoms with Crippen LogP contribution in [0.15, 0.2) is 70.6 Å². The number of nitrogens with zero attached hydrogens (tertiary/aromatic N) is 3. The Balaban J connectivity index is 1.77. The summed E-state index contributed by atoms with van der Waals surface area (Å²) in [6.45, 7) is 3.86. The fourth-order valence-electron chi connectivity index (χ4n) is 4.34. The first kappa shape index (κ1) is 22.1. The molecule has 5 aromatic rings. The van der Waals surface area contributed by atoms with Gasteiger partial charge in [0.25, 0.3) is 5.56 Å². The molecule has 170 valence electrons. The number of nitrogens with one attached hydrogen (secondary N) is 2. The Hall–Kier alpha value is -3.68. The Kier molecular flexibility index (Phi) is 5.59. The number of aromatic amines is 1. The van der Waals surface area contributed by atoms with Crippen LogP contribution in [0.5, 0.6) is 0 Å². The van der Waals surface area contributed by atoms with Crippen LogP contribution in [-0.2, 0) is 0 Å². The lowest BCUT2D eigenvalue weighted by atomic mass is 10.0. The van der Waals surface area contributed by atoms with Crippen molar-refractivity contribution in [1.82, 2.24) is 19.5 Å². The van der Waals surface area contributed by atoms with Gasteiger partial charge < -0.3 is 10.3 Å². The second-order valence-corrected chi connectivity index (χ2v) is 8.74. The topological polar surface area (TPSA) is 92.7 Å². The van der Waals surface area contributed by atoms with Crippen molar-refractivity contribution in [1.29, 1.82) is 0 Å². The van der Waals surface area contributed by atoms with Crippen molar-refractivity contribution in [2.24, 2.45) is 0 Å². The van der Waals surface area contributed by atoms with E-state index < -0.39 is 6.04 Å². The number of hydrogen-bond acceptors (Lipinski definition) is 5. The van der Waals surface area contributed by atoms with Crippen LogP contribution in [0.2, 0.25) is 10.0 Å². The van der Waals surface area contributed by atoms with Gasteiger partial charge in [-0.05, 0) is 43.0 Å². The average molecular weight is 492 g/mol. The summed E-state index contributed by atoms with van der Waals surface area (Å²) in [5.41, 5.74) is 2.06. The molecule has 5 rings (SSSR count). The molecule has 34 heavy (non-hydrogen) atoms. The van der Waals surface area contributed by atoms with Gasteiger partial charge in [0.05, 0.1) is 22.1 Å². The molecule has 0 aliphatic carbocycles. The van der Waals surface area contributed by atoms with Gasteiger partial charge in [0, 0.05) is 11.9 Å². The van der Waals surface area contributed by atoms with E-state index in [0.29, 0.717) is 27.6 Å². The van der Waals surface area contributed by atoms with Crippen molar-refractivity contribution in [2.75, 3.05) is 5.32 Å². The van der Waals surface area contributed by atoms with Crippen molar-refractivity contribution in [3.63, 3.8) is 0 Å². The minimum atomic E-state index is -0.423. The van der Waals surface area contributed by atoms with Crippen LogP contribution >= 0.6 is 23.2 Å². The molecule has 3 aromatic heterocycles. The standard InChI is InChI=1S/C25H19Cl2N5O2/c1-13-16-9-6-10-17(26)19(16)25(34)32(15-7-4-3-5-8-15)21(13)14(2)31-24-20-22(33)18(27)11-28-23(20)29-12-30-24/h3-12,14H,1-2H3,(H2,28,29,30,31,33). The molecular weight excluding hydrogens is 473 g/mol. The smallest absolute Gasteiger partial charge is 0.264 e. The zero-order valence-corrected chi connectivity index (χ0v) is 19.8. The third kappa shape index (κ3) is 3.54. The third-order valence-electron chi connectivity index (χ3n) is 5.86. The van der Waals surface area contributed by atoms with Crippen molar-refractivity contribution >= 4 is 50.8 Å². The number of anilines is 1. The van der Waals surface area contributed by atoms with E-state index >= 15 is 0 Å². The van der Waals surface area contributed by atoms with Crippen LogP contribution in [0.4, 0.5) is 5.82 Å². The normalized spacial score (nSPS) is 12.2. The molecule has 0 saturated carbocycles. The fourth-order valence-corrected chi connectivity index (χ4v) is 4.75. The number of hydrogen-bond donors (Lipinski definition) is 2. The van der Waals surface area contributed by atoms with E-state index in [1.54, 1.807) is 10.6 Å². The number of halogens is 2. The van der Waals surface area contributed by atoms with E-state index in [2.05, 4.69) is 20.3 Å². The summed E-state index contributed by atoms with van der Waals surface area (Å²) >= 11 is 12.5. The van der Waals surface area contributed by atoms with E-state index in [0.717, 1.165) is 16.6 Å². The van der Waals surface area contributed by atoms with Crippen LogP contribution in [0, 0.1) is 6.92 Å². The predicted molar refractivity (Wildman–Crippen MR) is 136 cm³/mol. The molecule has 0 aliphatic heterocycles. The van der Waals surface area contributed by atoms with E-state index in [1.807, 2.05) is 56.3 Å². The molecule has 2 aromatic carbocycles. The van der Waals surface area contributed by atoms with Crippen LogP contribution in [0.25, 0.3) is 27.5 Å². The minimum Gasteiger partial charge on any atom is -0.361 e. The van der Waals surface area contributed by atoms with Gasteiger partial charge in [-0.1, -0.05) is 53.5 Å². The van der Waals surface area contributed by atoms with E-state index in [1.165, 1.54) is 12.5 Å². The average Bonchev–Trinajstić information content (AvgIpc) is 2.84. The number of benzene rings is 2. The molecule has 0 amide bonds. The van der Waals surface area contributed by atoms with Crippen LogP contribution < -0.4 is 16.3 Å². The number of aromatic nitrogens is 4. The Morgan fingerprint density at radius 3 is 2.50 bits per heavy atom. The monoisotopic (exact) mass is 491 g/mol. The predicted octanol–water partition coefficient (Wildman–Crippen LogP) is 5.41. The highest BCUT2D eigenvalue weighted by Crippen LogP contribution is 2.31. The molecule has 1 atom stereocenters. The van der Waals surface area contributed by atoms with Crippen molar-refractivity contribution < 1.29 is 0 Å². The molecule has 0 fully saturated rings. The van der Waals surface area contributed by atoms with Gasteiger partial charge >= 0.3 is 0 Å². The maximum atomic E-state index is 13.7. The van der Waals surface area contributed by atoms with Crippen LogP contribution in [-0.4, -0.2) is 19.5 Å². The number of rotatable bonds is 4. The molecule has 9 heteroatoms. The summed E-state index contributed by atoms with van der Waals surface area (Å²) in [6.07, 6.45) is 2.76. The van der Waals surface area contributed by atoms with Crippen molar-refractivity contribution in [3.05, 3.63) is 103 Å². The summed E-state index contributed by atoms with van der Waals surface area (Å²) < 4.78 is 1.65. The maximum absolute atomic E-state index is 13.7. The Bertz CT molecular complexity index is 1680. The molecule has 0 spiro atoms. The van der Waals surface area contributed by atoms with Gasteiger partial charge in [-0.25, -0.2) is 9.97 Å². The van der Waals surface area contributed by atoms with Crippen LogP contribution in [0.3, 0.4) is 0 Å². The first-order chi connectivity index (χ1) is 16.4. The Morgan fingerprint density at radius 2 is 1.74 bits per heavy atom. The van der Waals surface area contributed by atoms with Gasteiger partial charge in [-0.15, -0.1) is 0 Å². The highest BCUT2D eigenvalue weighted by atomic mass is 35.5. The molecule has 0 radical (unpaired) electrons. The molecule has 0 saturated heterocycles. The second kappa shape index (κ2) is 8.59. The molecule has 7 nitrogen and oxygen atoms in total. The third-order valence-corrected chi connectivity index (χ3v) is 6.46. The lowest BCUT2D eigenvalue weighted by Gasteiger charge is -2.24. The van der Waals surface area contributed by atoms with E-state index in [9.17, 15) is 9.59 Å². The zero-order chi connectivity index (χ0) is 24.0. The molecular formula is C25H19Cl2N5O2. The van der Waals surface area contributed by atoms with Gasteiger partial charge in [0.15, 0.2) is 0 Å². The Labute approximate surface area is 204 Å².